The summed E-state index contributed by atoms with van der Waals surface area (Å²) in [5, 5.41) is 0. The van der Waals surface area contributed by atoms with Crippen molar-refractivity contribution in [3.8, 4) is 16.9 Å². The van der Waals surface area contributed by atoms with Gasteiger partial charge in [-0.15, -0.1) is 0 Å². The van der Waals surface area contributed by atoms with E-state index in [1.165, 1.54) is 19.1 Å². The predicted octanol–water partition coefficient (Wildman–Crippen LogP) is 5.59. The number of halogens is 7. The van der Waals surface area contributed by atoms with E-state index in [9.17, 15) is 43.9 Å². The molecule has 7 nitrogen and oxygen atoms in total. The Balaban J connectivity index is 1.59. The van der Waals surface area contributed by atoms with Crippen molar-refractivity contribution in [2.24, 2.45) is 0 Å². The zero-order valence-corrected chi connectivity index (χ0v) is 22.0. The Kier molecular flexibility index (Phi) is 8.68. The average Bonchev–Trinajstić information content (AvgIpc) is 3.22. The molecule has 0 unspecified atom stereocenters. The van der Waals surface area contributed by atoms with E-state index in [4.69, 9.17) is 0 Å². The highest BCUT2D eigenvalue weighted by Crippen LogP contribution is 2.35. The standard InChI is InChI=1S/C26H22F7N3O4S/c1-14-20(28)11-21(36(14)41(38,39)19-6-4-18(27)5-7-19)22(37)8-2-16-10-15(3-9-23(16)40-25(29)30)17-12-34-24(35-13-17)26(31,32)33/h3-7,9-10,12-14,20-21,25H,2,8,11H2,1H3/t14-,20+,21-/m0/s1. The summed E-state index contributed by atoms with van der Waals surface area (Å²) < 4.78 is 124. The zero-order valence-electron chi connectivity index (χ0n) is 21.2. The molecule has 3 atom stereocenters. The van der Waals surface area contributed by atoms with E-state index in [1.807, 2.05) is 0 Å². The van der Waals surface area contributed by atoms with Crippen molar-refractivity contribution in [2.45, 2.75) is 62.1 Å². The number of rotatable bonds is 9. The van der Waals surface area contributed by atoms with Crippen molar-refractivity contribution in [3.05, 3.63) is 72.1 Å². The van der Waals surface area contributed by atoms with Crippen LogP contribution < -0.4 is 4.74 Å². The Morgan fingerprint density at radius 2 is 1.71 bits per heavy atom. The van der Waals surface area contributed by atoms with E-state index in [-0.39, 0.29) is 33.8 Å². The van der Waals surface area contributed by atoms with Gasteiger partial charge in [0.05, 0.1) is 17.0 Å². The second-order valence-electron chi connectivity index (χ2n) is 9.26. The van der Waals surface area contributed by atoms with Crippen LogP contribution in [0.25, 0.3) is 11.1 Å². The normalized spacial score (nSPS) is 20.0. The highest BCUT2D eigenvalue weighted by Gasteiger charge is 2.48. The molecule has 0 spiro atoms. The number of ketones is 1. The van der Waals surface area contributed by atoms with Gasteiger partial charge in [0.1, 0.15) is 17.7 Å². The summed E-state index contributed by atoms with van der Waals surface area (Å²) in [6, 6.07) is 4.93. The number of carbonyl (C=O) groups excluding carboxylic acids is 1. The molecule has 1 aromatic heterocycles. The third-order valence-electron chi connectivity index (χ3n) is 6.60. The lowest BCUT2D eigenvalue weighted by atomic mass is 9.98. The Labute approximate surface area is 230 Å². The summed E-state index contributed by atoms with van der Waals surface area (Å²) in [4.78, 5) is 19.4. The number of aryl methyl sites for hydroxylation is 1. The van der Waals surface area contributed by atoms with Gasteiger partial charge in [-0.05, 0) is 60.9 Å². The first-order valence-electron chi connectivity index (χ1n) is 12.1. The van der Waals surface area contributed by atoms with Crippen LogP contribution in [0.3, 0.4) is 0 Å². The summed E-state index contributed by atoms with van der Waals surface area (Å²) in [5.41, 5.74) is 0.420. The Hall–Kier alpha value is -3.59. The third kappa shape index (κ3) is 6.67. The first-order chi connectivity index (χ1) is 19.2. The Morgan fingerprint density at radius 3 is 2.29 bits per heavy atom. The molecule has 0 radical (unpaired) electrons. The number of alkyl halides is 6. The van der Waals surface area contributed by atoms with Gasteiger partial charge in [0, 0.05) is 30.8 Å². The number of carbonyl (C=O) groups is 1. The Morgan fingerprint density at radius 1 is 1.07 bits per heavy atom. The molecule has 0 bridgehead atoms. The smallest absolute Gasteiger partial charge is 0.435 e. The molecule has 2 heterocycles. The fourth-order valence-corrected chi connectivity index (χ4v) is 6.39. The molecule has 220 valence electrons. The summed E-state index contributed by atoms with van der Waals surface area (Å²) in [6.45, 7) is -1.94. The van der Waals surface area contributed by atoms with E-state index in [1.54, 1.807) is 0 Å². The van der Waals surface area contributed by atoms with Gasteiger partial charge in [0.15, 0.2) is 5.78 Å². The average molecular weight is 606 g/mol. The van der Waals surface area contributed by atoms with E-state index >= 15 is 0 Å². The van der Waals surface area contributed by atoms with Crippen molar-refractivity contribution >= 4 is 15.8 Å². The molecule has 15 heteroatoms. The number of aromatic nitrogens is 2. The van der Waals surface area contributed by atoms with Crippen molar-refractivity contribution in [1.82, 2.24) is 14.3 Å². The number of nitrogens with zero attached hydrogens (tertiary/aromatic N) is 3. The van der Waals surface area contributed by atoms with Crippen LogP contribution in [0.1, 0.15) is 31.2 Å². The minimum atomic E-state index is -4.77. The lowest BCUT2D eigenvalue weighted by Crippen LogP contribution is -2.44. The van der Waals surface area contributed by atoms with Crippen LogP contribution in [0, 0.1) is 5.82 Å². The van der Waals surface area contributed by atoms with Crippen LogP contribution in [0.2, 0.25) is 0 Å². The summed E-state index contributed by atoms with van der Waals surface area (Å²) in [6.07, 6.45) is -5.76. The lowest BCUT2D eigenvalue weighted by molar-refractivity contribution is -0.145. The molecule has 1 saturated heterocycles. The largest absolute Gasteiger partial charge is 0.451 e. The number of sulfonamides is 1. The van der Waals surface area contributed by atoms with Gasteiger partial charge in [-0.1, -0.05) is 6.07 Å². The van der Waals surface area contributed by atoms with Crippen LogP contribution in [0.5, 0.6) is 5.75 Å². The monoisotopic (exact) mass is 605 g/mol. The molecular formula is C26H22F7N3O4S. The molecule has 0 saturated carbocycles. The second-order valence-corrected chi connectivity index (χ2v) is 11.1. The van der Waals surface area contributed by atoms with Crippen LogP contribution in [0.15, 0.2) is 59.8 Å². The first kappa shape index (κ1) is 30.4. The van der Waals surface area contributed by atoms with Crippen LogP contribution in [0.4, 0.5) is 30.7 Å². The molecule has 0 N–H and O–H groups in total. The number of Topliss-reactive ketones (excluding diaryl/α,β-unsaturated/α-hetero) is 1. The molecule has 0 aliphatic carbocycles. The fraction of sp³-hybridized carbons (Fsp3) is 0.346. The van der Waals surface area contributed by atoms with Gasteiger partial charge in [0.2, 0.25) is 15.8 Å². The molecular weight excluding hydrogens is 583 g/mol. The molecule has 2 aromatic carbocycles. The first-order valence-corrected chi connectivity index (χ1v) is 13.6. The van der Waals surface area contributed by atoms with Crippen molar-refractivity contribution < 1.29 is 48.7 Å². The van der Waals surface area contributed by atoms with Gasteiger partial charge in [-0.2, -0.15) is 26.3 Å². The maximum absolute atomic E-state index is 14.7. The van der Waals surface area contributed by atoms with Crippen molar-refractivity contribution in [1.29, 1.82) is 0 Å². The maximum Gasteiger partial charge on any atom is 0.451 e. The molecule has 0 amide bonds. The van der Waals surface area contributed by atoms with E-state index in [0.29, 0.717) is 0 Å². The highest BCUT2D eigenvalue weighted by atomic mass is 32.2. The lowest BCUT2D eigenvalue weighted by Gasteiger charge is -2.27. The summed E-state index contributed by atoms with van der Waals surface area (Å²) >= 11 is 0. The minimum absolute atomic E-state index is 0.0619. The zero-order chi connectivity index (χ0) is 30.1. The van der Waals surface area contributed by atoms with E-state index in [2.05, 4.69) is 14.7 Å². The SMILES string of the molecule is C[C@H]1[C@H](F)C[C@@H](C(=O)CCc2cc(-c3cnc(C(F)(F)F)nc3)ccc2OC(F)F)N1S(=O)(=O)c1ccc(F)cc1. The molecule has 1 fully saturated rings. The molecule has 1 aliphatic heterocycles. The van der Waals surface area contributed by atoms with Gasteiger partial charge in [0.25, 0.3) is 0 Å². The molecule has 41 heavy (non-hydrogen) atoms. The minimum Gasteiger partial charge on any atom is -0.435 e. The summed E-state index contributed by atoms with van der Waals surface area (Å²) in [7, 11) is -4.41. The quantitative estimate of drug-likeness (QED) is 0.296. The van der Waals surface area contributed by atoms with Crippen molar-refractivity contribution in [2.75, 3.05) is 0 Å². The Bertz CT molecular complexity index is 1500. The molecule has 3 aromatic rings. The maximum atomic E-state index is 14.7. The fourth-order valence-electron chi connectivity index (χ4n) is 4.56. The number of ether oxygens (including phenoxy) is 1. The predicted molar refractivity (Wildman–Crippen MR) is 131 cm³/mol. The number of hydrogen-bond acceptors (Lipinski definition) is 6. The van der Waals surface area contributed by atoms with Crippen molar-refractivity contribution in [3.63, 3.8) is 0 Å². The molecule has 1 aliphatic rings. The van der Waals surface area contributed by atoms with Gasteiger partial charge in [-0.25, -0.2) is 27.2 Å². The van der Waals surface area contributed by atoms with Gasteiger partial charge in [-0.3, -0.25) is 4.79 Å². The van der Waals surface area contributed by atoms with Crippen LogP contribution >= 0.6 is 0 Å². The topological polar surface area (TPSA) is 89.5 Å². The van der Waals surface area contributed by atoms with E-state index in [0.717, 1.165) is 47.0 Å². The van der Waals surface area contributed by atoms with Crippen LogP contribution in [-0.4, -0.2) is 53.3 Å². The van der Waals surface area contributed by atoms with Crippen LogP contribution in [-0.2, 0) is 27.4 Å². The van der Waals surface area contributed by atoms with Gasteiger partial charge < -0.3 is 4.74 Å². The number of hydrogen-bond donors (Lipinski definition) is 0. The van der Waals surface area contributed by atoms with Gasteiger partial charge >= 0.3 is 12.8 Å². The number of benzene rings is 2. The molecule has 4 rings (SSSR count). The van der Waals surface area contributed by atoms with E-state index < -0.39 is 71.3 Å². The third-order valence-corrected chi connectivity index (χ3v) is 8.61. The highest BCUT2D eigenvalue weighted by molar-refractivity contribution is 7.89. The summed E-state index contributed by atoms with van der Waals surface area (Å²) in [5.74, 6) is -3.08. The second kappa shape index (κ2) is 11.7.